The predicted molar refractivity (Wildman–Crippen MR) is 65.7 cm³/mol. The van der Waals surface area contributed by atoms with Crippen molar-refractivity contribution in [1.29, 1.82) is 0 Å². The Hall–Kier alpha value is -1.13. The summed E-state index contributed by atoms with van der Waals surface area (Å²) in [6.07, 6.45) is 0.344. The van der Waals surface area contributed by atoms with E-state index in [0.29, 0.717) is 13.0 Å². The molecule has 17 heavy (non-hydrogen) atoms. The lowest BCUT2D eigenvalue weighted by atomic mass is 10.1. The van der Waals surface area contributed by atoms with E-state index in [1.54, 1.807) is 6.07 Å². The standard InChI is InChI=1S/C13H20FNO2/c1-4-11(16)8-15-9(2)10-5-6-13(17-3)12(14)7-10/h5-7,9,11,15-16H,4,8H2,1-3H3. The first kappa shape index (κ1) is 13.9. The summed E-state index contributed by atoms with van der Waals surface area (Å²) in [5, 5.41) is 12.6. The van der Waals surface area contributed by atoms with Gasteiger partial charge in [0.05, 0.1) is 13.2 Å². The third-order valence-electron chi connectivity index (χ3n) is 2.81. The maximum absolute atomic E-state index is 13.5. The van der Waals surface area contributed by atoms with Gasteiger partial charge in [-0.25, -0.2) is 4.39 Å². The number of hydrogen-bond acceptors (Lipinski definition) is 3. The van der Waals surface area contributed by atoms with Gasteiger partial charge in [0.1, 0.15) is 0 Å². The second-order valence-corrected chi connectivity index (χ2v) is 4.09. The zero-order valence-corrected chi connectivity index (χ0v) is 10.5. The number of aliphatic hydroxyl groups excluding tert-OH is 1. The number of halogens is 1. The molecule has 0 fully saturated rings. The number of aliphatic hydroxyl groups is 1. The number of ether oxygens (including phenoxy) is 1. The van der Waals surface area contributed by atoms with Crippen LogP contribution in [0.2, 0.25) is 0 Å². The van der Waals surface area contributed by atoms with Crippen LogP contribution in [0.15, 0.2) is 18.2 Å². The van der Waals surface area contributed by atoms with E-state index in [9.17, 15) is 9.50 Å². The molecular weight excluding hydrogens is 221 g/mol. The molecule has 96 valence electrons. The summed E-state index contributed by atoms with van der Waals surface area (Å²) in [6, 6.07) is 4.88. The first-order valence-corrected chi connectivity index (χ1v) is 5.83. The number of rotatable bonds is 6. The van der Waals surface area contributed by atoms with Crippen molar-refractivity contribution in [1.82, 2.24) is 5.32 Å². The van der Waals surface area contributed by atoms with Crippen LogP contribution in [0.4, 0.5) is 4.39 Å². The van der Waals surface area contributed by atoms with Gasteiger partial charge in [-0.05, 0) is 31.0 Å². The highest BCUT2D eigenvalue weighted by Crippen LogP contribution is 2.21. The normalized spacial score (nSPS) is 14.4. The van der Waals surface area contributed by atoms with E-state index in [2.05, 4.69) is 5.32 Å². The molecule has 0 spiro atoms. The lowest BCUT2D eigenvalue weighted by molar-refractivity contribution is 0.163. The zero-order valence-electron chi connectivity index (χ0n) is 10.5. The fourth-order valence-corrected chi connectivity index (χ4v) is 1.53. The van der Waals surface area contributed by atoms with Gasteiger partial charge >= 0.3 is 0 Å². The topological polar surface area (TPSA) is 41.5 Å². The average molecular weight is 241 g/mol. The van der Waals surface area contributed by atoms with Crippen LogP contribution in [-0.2, 0) is 0 Å². The fraction of sp³-hybridized carbons (Fsp3) is 0.538. The Balaban J connectivity index is 2.63. The smallest absolute Gasteiger partial charge is 0.165 e. The second-order valence-electron chi connectivity index (χ2n) is 4.09. The highest BCUT2D eigenvalue weighted by molar-refractivity contribution is 5.30. The van der Waals surface area contributed by atoms with Crippen LogP contribution < -0.4 is 10.1 Å². The van der Waals surface area contributed by atoms with E-state index in [1.807, 2.05) is 19.9 Å². The van der Waals surface area contributed by atoms with Crippen LogP contribution in [0.1, 0.15) is 31.9 Å². The molecule has 0 radical (unpaired) electrons. The number of nitrogens with one attached hydrogen (secondary N) is 1. The molecule has 0 saturated carbocycles. The van der Waals surface area contributed by atoms with Crippen molar-refractivity contribution in [2.75, 3.05) is 13.7 Å². The van der Waals surface area contributed by atoms with Crippen LogP contribution in [0.25, 0.3) is 0 Å². The van der Waals surface area contributed by atoms with Crippen LogP contribution in [-0.4, -0.2) is 24.9 Å². The molecule has 1 rings (SSSR count). The van der Waals surface area contributed by atoms with Crippen molar-refractivity contribution < 1.29 is 14.2 Å². The van der Waals surface area contributed by atoms with Gasteiger partial charge in [-0.2, -0.15) is 0 Å². The monoisotopic (exact) mass is 241 g/mol. The average Bonchev–Trinajstić information content (AvgIpc) is 2.35. The Kier molecular flexibility index (Phi) is 5.38. The van der Waals surface area contributed by atoms with Crippen LogP contribution in [0, 0.1) is 5.82 Å². The van der Waals surface area contributed by atoms with Gasteiger partial charge < -0.3 is 15.2 Å². The number of methoxy groups -OCH3 is 1. The molecule has 0 heterocycles. The third-order valence-corrected chi connectivity index (χ3v) is 2.81. The summed E-state index contributed by atoms with van der Waals surface area (Å²) < 4.78 is 18.3. The van der Waals surface area contributed by atoms with E-state index >= 15 is 0 Å². The van der Waals surface area contributed by atoms with Gasteiger partial charge in [-0.3, -0.25) is 0 Å². The summed E-state index contributed by atoms with van der Waals surface area (Å²) in [7, 11) is 1.44. The lowest BCUT2D eigenvalue weighted by Gasteiger charge is -2.17. The Bertz CT molecular complexity index is 357. The summed E-state index contributed by atoms with van der Waals surface area (Å²) in [6.45, 7) is 4.36. The summed E-state index contributed by atoms with van der Waals surface area (Å²) in [5.41, 5.74) is 0.839. The summed E-state index contributed by atoms with van der Waals surface area (Å²) in [5.74, 6) is -0.121. The molecular formula is C13H20FNO2. The van der Waals surface area contributed by atoms with E-state index in [4.69, 9.17) is 4.74 Å². The molecule has 2 atom stereocenters. The molecule has 1 aromatic rings. The van der Waals surface area contributed by atoms with Gasteiger partial charge in [0, 0.05) is 12.6 Å². The molecule has 4 heteroatoms. The molecule has 0 saturated heterocycles. The van der Waals surface area contributed by atoms with E-state index in [0.717, 1.165) is 5.56 Å². The van der Waals surface area contributed by atoms with Crippen LogP contribution in [0.5, 0.6) is 5.75 Å². The van der Waals surface area contributed by atoms with E-state index < -0.39 is 0 Å². The molecule has 2 unspecified atom stereocenters. The second kappa shape index (κ2) is 6.57. The van der Waals surface area contributed by atoms with Gasteiger partial charge in [0.2, 0.25) is 0 Å². The largest absolute Gasteiger partial charge is 0.494 e. The van der Waals surface area contributed by atoms with Crippen LogP contribution >= 0.6 is 0 Å². The quantitative estimate of drug-likeness (QED) is 0.802. The van der Waals surface area contributed by atoms with Crippen molar-refractivity contribution >= 4 is 0 Å². The van der Waals surface area contributed by atoms with Crippen molar-refractivity contribution in [2.24, 2.45) is 0 Å². The third kappa shape index (κ3) is 3.98. The van der Waals surface area contributed by atoms with Gasteiger partial charge in [-0.15, -0.1) is 0 Å². The minimum absolute atomic E-state index is 0.00314. The van der Waals surface area contributed by atoms with E-state index in [1.165, 1.54) is 13.2 Å². The van der Waals surface area contributed by atoms with Gasteiger partial charge in [0.15, 0.2) is 11.6 Å². The van der Waals surface area contributed by atoms with Crippen molar-refractivity contribution in [3.63, 3.8) is 0 Å². The minimum Gasteiger partial charge on any atom is -0.494 e. The highest BCUT2D eigenvalue weighted by atomic mass is 19.1. The lowest BCUT2D eigenvalue weighted by Crippen LogP contribution is -2.28. The molecule has 2 N–H and O–H groups in total. The van der Waals surface area contributed by atoms with Crippen molar-refractivity contribution in [3.8, 4) is 5.75 Å². The Morgan fingerprint density at radius 1 is 1.47 bits per heavy atom. The first-order chi connectivity index (χ1) is 8.08. The number of benzene rings is 1. The molecule has 0 aliphatic heterocycles. The predicted octanol–water partition coefficient (Wildman–Crippen LogP) is 2.26. The SMILES string of the molecule is CCC(O)CNC(C)c1ccc(OC)c(F)c1. The van der Waals surface area contributed by atoms with Crippen molar-refractivity contribution in [3.05, 3.63) is 29.6 Å². The molecule has 1 aromatic carbocycles. The number of hydrogen-bond donors (Lipinski definition) is 2. The van der Waals surface area contributed by atoms with Crippen molar-refractivity contribution in [2.45, 2.75) is 32.4 Å². The van der Waals surface area contributed by atoms with E-state index in [-0.39, 0.29) is 23.7 Å². The summed E-state index contributed by atoms with van der Waals surface area (Å²) in [4.78, 5) is 0. The Morgan fingerprint density at radius 2 is 2.18 bits per heavy atom. The van der Waals surface area contributed by atoms with Crippen LogP contribution in [0.3, 0.4) is 0 Å². The maximum atomic E-state index is 13.5. The fourth-order valence-electron chi connectivity index (χ4n) is 1.53. The Morgan fingerprint density at radius 3 is 2.71 bits per heavy atom. The van der Waals surface area contributed by atoms with Gasteiger partial charge in [0.25, 0.3) is 0 Å². The first-order valence-electron chi connectivity index (χ1n) is 5.83. The molecule has 0 aromatic heterocycles. The maximum Gasteiger partial charge on any atom is 0.165 e. The van der Waals surface area contributed by atoms with Gasteiger partial charge in [-0.1, -0.05) is 13.0 Å². The summed E-state index contributed by atoms with van der Waals surface area (Å²) >= 11 is 0. The molecule has 0 aliphatic carbocycles. The minimum atomic E-state index is -0.366. The highest BCUT2D eigenvalue weighted by Gasteiger charge is 2.10. The zero-order chi connectivity index (χ0) is 12.8. The molecule has 0 bridgehead atoms. The molecule has 0 aliphatic rings. The Labute approximate surface area is 102 Å². The molecule has 3 nitrogen and oxygen atoms in total. The molecule has 0 amide bonds.